The Labute approximate surface area is 141 Å². The van der Waals surface area contributed by atoms with Gasteiger partial charge in [-0.15, -0.1) is 0 Å². The molecule has 1 aromatic carbocycles. The number of benzene rings is 1. The summed E-state index contributed by atoms with van der Waals surface area (Å²) in [6, 6.07) is 3.07. The molecule has 1 saturated carbocycles. The third-order valence-corrected chi connectivity index (χ3v) is 3.95. The number of amides is 1. The van der Waals surface area contributed by atoms with Crippen LogP contribution in [0.4, 0.5) is 0 Å². The zero-order chi connectivity index (χ0) is 17.7. The van der Waals surface area contributed by atoms with Gasteiger partial charge in [0.25, 0.3) is 5.91 Å². The van der Waals surface area contributed by atoms with Gasteiger partial charge in [-0.1, -0.05) is 0 Å². The van der Waals surface area contributed by atoms with Crippen molar-refractivity contribution in [3.05, 3.63) is 17.7 Å². The summed E-state index contributed by atoms with van der Waals surface area (Å²) in [5, 5.41) is 2.83. The lowest BCUT2D eigenvalue weighted by Crippen LogP contribution is -2.37. The molecule has 1 N–H and O–H groups in total. The number of rotatable bonds is 8. The second-order valence-electron chi connectivity index (χ2n) is 5.68. The average Bonchev–Trinajstić information content (AvgIpc) is 3.43. The maximum atomic E-state index is 12.2. The highest BCUT2D eigenvalue weighted by Gasteiger charge is 2.29. The van der Waals surface area contributed by atoms with Crippen molar-refractivity contribution in [1.29, 1.82) is 0 Å². The predicted octanol–water partition coefficient (Wildman–Crippen LogP) is 1.78. The lowest BCUT2D eigenvalue weighted by Gasteiger charge is -2.14. The molecule has 1 fully saturated rings. The summed E-state index contributed by atoms with van der Waals surface area (Å²) in [5.41, 5.74) is 0.215. The average molecular weight is 337 g/mol. The zero-order valence-electron chi connectivity index (χ0n) is 14.4. The van der Waals surface area contributed by atoms with Crippen LogP contribution >= 0.6 is 0 Å². The molecule has 0 aromatic heterocycles. The highest BCUT2D eigenvalue weighted by molar-refractivity contribution is 5.92. The van der Waals surface area contributed by atoms with Crippen molar-refractivity contribution >= 4 is 11.9 Å². The highest BCUT2D eigenvalue weighted by atomic mass is 16.5. The van der Waals surface area contributed by atoms with E-state index in [1.54, 1.807) is 0 Å². The maximum Gasteiger partial charge on any atom is 0.338 e. The Balaban J connectivity index is 1.99. The van der Waals surface area contributed by atoms with Gasteiger partial charge < -0.3 is 24.3 Å². The SMILES string of the molecule is COc1cc(C(=O)OCC(=O)N[C@H](C)C2CC2)cc(OC)c1OC. The van der Waals surface area contributed by atoms with E-state index in [9.17, 15) is 9.59 Å². The highest BCUT2D eigenvalue weighted by Crippen LogP contribution is 2.38. The van der Waals surface area contributed by atoms with Crippen LogP contribution in [0.15, 0.2) is 12.1 Å². The van der Waals surface area contributed by atoms with Crippen molar-refractivity contribution in [3.8, 4) is 17.2 Å². The molecule has 1 aromatic rings. The quantitative estimate of drug-likeness (QED) is 0.728. The molecule has 0 unspecified atom stereocenters. The van der Waals surface area contributed by atoms with Gasteiger partial charge in [0.1, 0.15) is 0 Å². The Bertz CT molecular complexity index is 586. The van der Waals surface area contributed by atoms with Gasteiger partial charge in [0, 0.05) is 6.04 Å². The van der Waals surface area contributed by atoms with E-state index in [2.05, 4.69) is 5.32 Å². The van der Waals surface area contributed by atoms with Crippen molar-refractivity contribution < 1.29 is 28.5 Å². The smallest absolute Gasteiger partial charge is 0.338 e. The van der Waals surface area contributed by atoms with Crippen molar-refractivity contribution in [2.45, 2.75) is 25.8 Å². The molecule has 0 bridgehead atoms. The number of hydrogen-bond donors (Lipinski definition) is 1. The van der Waals surface area contributed by atoms with Gasteiger partial charge in [0.05, 0.1) is 26.9 Å². The molecular formula is C17H23NO6. The van der Waals surface area contributed by atoms with Gasteiger partial charge in [-0.05, 0) is 37.8 Å². The monoisotopic (exact) mass is 337 g/mol. The Morgan fingerprint density at radius 3 is 2.17 bits per heavy atom. The molecule has 1 atom stereocenters. The minimum atomic E-state index is -0.636. The van der Waals surface area contributed by atoms with E-state index >= 15 is 0 Å². The van der Waals surface area contributed by atoms with Crippen LogP contribution in [-0.4, -0.2) is 45.9 Å². The first kappa shape index (κ1) is 17.9. The fraction of sp³-hybridized carbons (Fsp3) is 0.529. The van der Waals surface area contributed by atoms with Crippen molar-refractivity contribution in [3.63, 3.8) is 0 Å². The van der Waals surface area contributed by atoms with E-state index in [0.717, 1.165) is 12.8 Å². The first-order chi connectivity index (χ1) is 11.5. The maximum absolute atomic E-state index is 12.2. The molecule has 1 amide bonds. The van der Waals surface area contributed by atoms with Crippen LogP contribution in [-0.2, 0) is 9.53 Å². The summed E-state index contributed by atoms with van der Waals surface area (Å²) < 4.78 is 20.6. The summed E-state index contributed by atoms with van der Waals surface area (Å²) in [5.74, 6) is 0.664. The predicted molar refractivity (Wildman–Crippen MR) is 86.7 cm³/mol. The molecular weight excluding hydrogens is 314 g/mol. The second-order valence-corrected chi connectivity index (χ2v) is 5.68. The zero-order valence-corrected chi connectivity index (χ0v) is 14.4. The molecule has 2 rings (SSSR count). The van der Waals surface area contributed by atoms with Crippen LogP contribution in [0.1, 0.15) is 30.1 Å². The molecule has 0 aliphatic heterocycles. The molecule has 0 saturated heterocycles. The Morgan fingerprint density at radius 2 is 1.71 bits per heavy atom. The summed E-state index contributed by atoms with van der Waals surface area (Å²) in [4.78, 5) is 24.0. The second kappa shape index (κ2) is 7.90. The van der Waals surface area contributed by atoms with E-state index in [1.165, 1.54) is 33.5 Å². The topological polar surface area (TPSA) is 83.1 Å². The lowest BCUT2D eigenvalue weighted by molar-refractivity contribution is -0.124. The number of nitrogens with one attached hydrogen (secondary N) is 1. The van der Waals surface area contributed by atoms with E-state index < -0.39 is 5.97 Å². The Hall–Kier alpha value is -2.44. The largest absolute Gasteiger partial charge is 0.493 e. The summed E-state index contributed by atoms with van der Waals surface area (Å²) >= 11 is 0. The van der Waals surface area contributed by atoms with Gasteiger partial charge in [0.2, 0.25) is 5.75 Å². The molecule has 1 aliphatic rings. The third kappa shape index (κ3) is 4.31. The summed E-state index contributed by atoms with van der Waals surface area (Å²) in [6.07, 6.45) is 2.26. The Kier molecular flexibility index (Phi) is 5.89. The van der Waals surface area contributed by atoms with Crippen LogP contribution in [0.2, 0.25) is 0 Å². The Morgan fingerprint density at radius 1 is 1.12 bits per heavy atom. The normalized spacial score (nSPS) is 14.5. The van der Waals surface area contributed by atoms with Crippen molar-refractivity contribution in [2.24, 2.45) is 5.92 Å². The molecule has 7 nitrogen and oxygen atoms in total. The van der Waals surface area contributed by atoms with E-state index in [-0.39, 0.29) is 24.1 Å². The molecule has 0 spiro atoms. The molecule has 24 heavy (non-hydrogen) atoms. The van der Waals surface area contributed by atoms with Crippen molar-refractivity contribution in [2.75, 3.05) is 27.9 Å². The lowest BCUT2D eigenvalue weighted by atomic mass is 10.2. The van der Waals surface area contributed by atoms with Crippen LogP contribution in [0.3, 0.4) is 0 Å². The van der Waals surface area contributed by atoms with Crippen LogP contribution in [0, 0.1) is 5.92 Å². The number of carbonyl (C=O) groups excluding carboxylic acids is 2. The molecule has 0 radical (unpaired) electrons. The van der Waals surface area contributed by atoms with Crippen LogP contribution in [0.5, 0.6) is 17.2 Å². The number of hydrogen-bond acceptors (Lipinski definition) is 6. The number of carbonyl (C=O) groups is 2. The minimum Gasteiger partial charge on any atom is -0.493 e. The third-order valence-electron chi connectivity index (χ3n) is 3.95. The van der Waals surface area contributed by atoms with Gasteiger partial charge in [-0.3, -0.25) is 4.79 Å². The van der Waals surface area contributed by atoms with Crippen molar-refractivity contribution in [1.82, 2.24) is 5.32 Å². The number of methoxy groups -OCH3 is 3. The van der Waals surface area contributed by atoms with Gasteiger partial charge >= 0.3 is 5.97 Å². The molecule has 0 heterocycles. The summed E-state index contributed by atoms with van der Waals surface area (Å²) in [7, 11) is 4.39. The van der Waals surface area contributed by atoms with Gasteiger partial charge in [-0.2, -0.15) is 0 Å². The van der Waals surface area contributed by atoms with E-state index in [1.807, 2.05) is 6.92 Å². The summed E-state index contributed by atoms with van der Waals surface area (Å²) in [6.45, 7) is 1.63. The molecule has 7 heteroatoms. The van der Waals surface area contributed by atoms with Crippen LogP contribution < -0.4 is 19.5 Å². The van der Waals surface area contributed by atoms with Gasteiger partial charge in [0.15, 0.2) is 18.1 Å². The molecule has 132 valence electrons. The first-order valence-corrected chi connectivity index (χ1v) is 7.76. The number of ether oxygens (including phenoxy) is 4. The molecule has 1 aliphatic carbocycles. The van der Waals surface area contributed by atoms with Gasteiger partial charge in [-0.25, -0.2) is 4.79 Å². The fourth-order valence-electron chi connectivity index (χ4n) is 2.42. The minimum absolute atomic E-state index is 0.109. The van der Waals surface area contributed by atoms with Crippen LogP contribution in [0.25, 0.3) is 0 Å². The standard InChI is InChI=1S/C17H23NO6/c1-10(11-5-6-11)18-15(19)9-24-17(20)12-7-13(21-2)16(23-4)14(8-12)22-3/h7-8,10-11H,5-6,9H2,1-4H3,(H,18,19)/t10-/m1/s1. The van der Waals surface area contributed by atoms with E-state index in [4.69, 9.17) is 18.9 Å². The first-order valence-electron chi connectivity index (χ1n) is 7.76. The fourth-order valence-corrected chi connectivity index (χ4v) is 2.42. The number of esters is 1. The van der Waals surface area contributed by atoms with E-state index in [0.29, 0.717) is 23.2 Å².